The number of fused-ring (bicyclic) bond motifs is 1. The number of aromatic nitrogens is 1. The third-order valence-corrected chi connectivity index (χ3v) is 3.69. The van der Waals surface area contributed by atoms with Crippen molar-refractivity contribution in [3.63, 3.8) is 0 Å². The number of carboxylic acids is 1. The maximum Gasteiger partial charge on any atom is 0.341 e. The van der Waals surface area contributed by atoms with Gasteiger partial charge in [-0.25, -0.2) is 9.18 Å². The van der Waals surface area contributed by atoms with Gasteiger partial charge in [-0.1, -0.05) is 13.3 Å². The predicted molar refractivity (Wildman–Crippen MR) is 81.3 cm³/mol. The average molecular weight is 307 g/mol. The summed E-state index contributed by atoms with van der Waals surface area (Å²) in [4.78, 5) is 23.6. The quantitative estimate of drug-likeness (QED) is 0.922. The van der Waals surface area contributed by atoms with Crippen LogP contribution in [0.2, 0.25) is 0 Å². The average Bonchev–Trinajstić information content (AvgIpc) is 2.48. The molecule has 22 heavy (non-hydrogen) atoms. The first-order valence-electron chi connectivity index (χ1n) is 7.05. The second-order valence-corrected chi connectivity index (χ2v) is 5.14. The van der Waals surface area contributed by atoms with Crippen molar-refractivity contribution in [2.24, 2.45) is 0 Å². The Hall–Kier alpha value is -2.37. The molecule has 2 rings (SSSR count). The van der Waals surface area contributed by atoms with E-state index in [1.807, 2.05) is 6.92 Å². The fraction of sp³-hybridized carbons (Fsp3) is 0.375. The number of aryl methyl sites for hydroxylation is 1. The predicted octanol–water partition coefficient (Wildman–Crippen LogP) is 2.96. The molecule has 5 nitrogen and oxygen atoms in total. The molecule has 118 valence electrons. The van der Waals surface area contributed by atoms with Crippen molar-refractivity contribution in [1.29, 1.82) is 0 Å². The Balaban J connectivity index is 2.95. The number of aromatic carboxylic acids is 1. The summed E-state index contributed by atoms with van der Waals surface area (Å²) < 4.78 is 20.9. The van der Waals surface area contributed by atoms with E-state index in [0.717, 1.165) is 18.9 Å². The lowest BCUT2D eigenvalue weighted by molar-refractivity contribution is 0.0694. The molecule has 0 saturated carbocycles. The van der Waals surface area contributed by atoms with Crippen LogP contribution in [0.25, 0.3) is 10.9 Å². The Kier molecular flexibility index (Phi) is 4.49. The smallest absolute Gasteiger partial charge is 0.341 e. The summed E-state index contributed by atoms with van der Waals surface area (Å²) in [6.07, 6.45) is 3.01. The van der Waals surface area contributed by atoms with Crippen LogP contribution in [0.1, 0.15) is 35.7 Å². The van der Waals surface area contributed by atoms with Crippen LogP contribution in [0.5, 0.6) is 5.75 Å². The van der Waals surface area contributed by atoms with Gasteiger partial charge in [-0.15, -0.1) is 0 Å². The van der Waals surface area contributed by atoms with Crippen LogP contribution in [-0.2, 0) is 6.54 Å². The van der Waals surface area contributed by atoms with Crippen LogP contribution < -0.4 is 10.2 Å². The number of carbonyl (C=O) groups is 1. The minimum Gasteiger partial charge on any atom is -0.494 e. The van der Waals surface area contributed by atoms with E-state index >= 15 is 0 Å². The molecule has 0 amide bonds. The molecule has 0 unspecified atom stereocenters. The highest BCUT2D eigenvalue weighted by atomic mass is 19.1. The molecule has 1 aromatic carbocycles. The SMILES string of the molecule is CCCCn1cc(C(=O)O)c(=O)c2cc(F)c(C)c(OC)c21. The van der Waals surface area contributed by atoms with E-state index in [1.165, 1.54) is 13.3 Å². The van der Waals surface area contributed by atoms with Gasteiger partial charge >= 0.3 is 5.97 Å². The summed E-state index contributed by atoms with van der Waals surface area (Å²) in [5.74, 6) is -1.65. The number of hydrogen-bond acceptors (Lipinski definition) is 3. The van der Waals surface area contributed by atoms with E-state index < -0.39 is 17.2 Å². The number of nitrogens with zero attached hydrogens (tertiary/aromatic N) is 1. The molecule has 1 heterocycles. The lowest BCUT2D eigenvalue weighted by atomic mass is 10.1. The van der Waals surface area contributed by atoms with Gasteiger partial charge in [0.05, 0.1) is 18.0 Å². The lowest BCUT2D eigenvalue weighted by Gasteiger charge is -2.17. The third kappa shape index (κ3) is 2.56. The summed E-state index contributed by atoms with van der Waals surface area (Å²) in [6, 6.07) is 1.09. The van der Waals surface area contributed by atoms with Crippen molar-refractivity contribution in [3.8, 4) is 5.75 Å². The van der Waals surface area contributed by atoms with E-state index in [9.17, 15) is 19.1 Å². The van der Waals surface area contributed by atoms with Crippen LogP contribution in [0, 0.1) is 12.7 Å². The Labute approximate surface area is 126 Å². The van der Waals surface area contributed by atoms with Gasteiger partial charge in [-0.05, 0) is 19.4 Å². The van der Waals surface area contributed by atoms with Crippen molar-refractivity contribution in [1.82, 2.24) is 4.57 Å². The molecule has 2 aromatic rings. The van der Waals surface area contributed by atoms with Crippen LogP contribution in [0.3, 0.4) is 0 Å². The molecule has 0 spiro atoms. The number of ether oxygens (including phenoxy) is 1. The highest BCUT2D eigenvalue weighted by molar-refractivity contribution is 5.94. The van der Waals surface area contributed by atoms with E-state index in [4.69, 9.17) is 4.74 Å². The molecule has 6 heteroatoms. The van der Waals surface area contributed by atoms with Gasteiger partial charge in [0.15, 0.2) is 0 Å². The number of hydrogen-bond donors (Lipinski definition) is 1. The number of rotatable bonds is 5. The Morgan fingerprint density at radius 2 is 2.14 bits per heavy atom. The Morgan fingerprint density at radius 3 is 2.68 bits per heavy atom. The number of halogens is 1. The minimum absolute atomic E-state index is 0.0240. The van der Waals surface area contributed by atoms with Crippen LogP contribution in [0.4, 0.5) is 4.39 Å². The molecular formula is C16H18FNO4. The van der Waals surface area contributed by atoms with E-state index in [2.05, 4.69) is 0 Å². The monoisotopic (exact) mass is 307 g/mol. The van der Waals surface area contributed by atoms with Crippen molar-refractivity contribution < 1.29 is 19.0 Å². The van der Waals surface area contributed by atoms with Crippen LogP contribution in [-0.4, -0.2) is 22.8 Å². The molecule has 0 aliphatic heterocycles. The molecule has 0 fully saturated rings. The zero-order valence-electron chi connectivity index (χ0n) is 12.8. The number of unbranched alkanes of at least 4 members (excludes halogenated alkanes) is 1. The maximum absolute atomic E-state index is 14.0. The van der Waals surface area contributed by atoms with E-state index in [-0.39, 0.29) is 16.7 Å². The normalized spacial score (nSPS) is 10.9. The van der Waals surface area contributed by atoms with Gasteiger partial charge in [0, 0.05) is 18.3 Å². The molecule has 0 atom stereocenters. The van der Waals surface area contributed by atoms with Gasteiger partial charge in [-0.2, -0.15) is 0 Å². The second-order valence-electron chi connectivity index (χ2n) is 5.14. The summed E-state index contributed by atoms with van der Waals surface area (Å²) in [5.41, 5.74) is -0.339. The van der Waals surface area contributed by atoms with Gasteiger partial charge in [-0.3, -0.25) is 4.79 Å². The van der Waals surface area contributed by atoms with Crippen molar-refractivity contribution >= 4 is 16.9 Å². The number of pyridine rings is 1. The summed E-state index contributed by atoms with van der Waals surface area (Å²) in [6.45, 7) is 4.09. The fourth-order valence-corrected chi connectivity index (χ4v) is 2.50. The van der Waals surface area contributed by atoms with Crippen LogP contribution >= 0.6 is 0 Å². The lowest BCUT2D eigenvalue weighted by Crippen LogP contribution is -2.20. The summed E-state index contributed by atoms with van der Waals surface area (Å²) >= 11 is 0. The first-order chi connectivity index (χ1) is 10.4. The van der Waals surface area contributed by atoms with Gasteiger partial charge in [0.1, 0.15) is 17.1 Å². The van der Waals surface area contributed by atoms with Gasteiger partial charge in [0.25, 0.3) is 0 Å². The summed E-state index contributed by atoms with van der Waals surface area (Å²) in [7, 11) is 1.40. The Bertz CT molecular complexity index is 795. The molecule has 0 aliphatic rings. The summed E-state index contributed by atoms with van der Waals surface area (Å²) in [5, 5.41) is 9.21. The fourth-order valence-electron chi connectivity index (χ4n) is 2.50. The molecular weight excluding hydrogens is 289 g/mol. The minimum atomic E-state index is -1.32. The highest BCUT2D eigenvalue weighted by Gasteiger charge is 2.20. The van der Waals surface area contributed by atoms with Gasteiger partial charge in [0.2, 0.25) is 5.43 Å². The highest BCUT2D eigenvalue weighted by Crippen LogP contribution is 2.30. The molecule has 0 saturated heterocycles. The first-order valence-corrected chi connectivity index (χ1v) is 7.05. The number of carboxylic acid groups (broad SMARTS) is 1. The standard InChI is InChI=1S/C16H18FNO4/c1-4-5-6-18-8-11(16(20)21)14(19)10-7-12(17)9(2)15(22-3)13(10)18/h7-8H,4-6H2,1-3H3,(H,20,21). The van der Waals surface area contributed by atoms with Crippen LogP contribution in [0.15, 0.2) is 17.1 Å². The molecule has 0 bridgehead atoms. The molecule has 1 aromatic heterocycles. The van der Waals surface area contributed by atoms with Crippen molar-refractivity contribution in [2.75, 3.05) is 7.11 Å². The largest absolute Gasteiger partial charge is 0.494 e. The number of benzene rings is 1. The zero-order chi connectivity index (χ0) is 16.4. The van der Waals surface area contributed by atoms with E-state index in [1.54, 1.807) is 11.5 Å². The maximum atomic E-state index is 14.0. The topological polar surface area (TPSA) is 68.5 Å². The first kappa shape index (κ1) is 16.0. The second kappa shape index (κ2) is 6.17. The van der Waals surface area contributed by atoms with Crippen molar-refractivity contribution in [3.05, 3.63) is 39.4 Å². The Morgan fingerprint density at radius 1 is 1.45 bits per heavy atom. The molecule has 0 aliphatic carbocycles. The zero-order valence-corrected chi connectivity index (χ0v) is 12.8. The van der Waals surface area contributed by atoms with E-state index in [0.29, 0.717) is 17.6 Å². The van der Waals surface area contributed by atoms with Gasteiger partial charge < -0.3 is 14.4 Å². The molecule has 1 N–H and O–H groups in total. The molecule has 0 radical (unpaired) electrons. The number of methoxy groups -OCH3 is 1. The van der Waals surface area contributed by atoms with Crippen molar-refractivity contribution in [2.45, 2.75) is 33.2 Å². The third-order valence-electron chi connectivity index (χ3n) is 3.69.